The molecular weight excluding hydrogens is 210 g/mol. The first-order valence-corrected chi connectivity index (χ1v) is 6.53. The number of nitrogens with zero attached hydrogens (tertiary/aromatic N) is 2. The van der Waals surface area contributed by atoms with Crippen molar-refractivity contribution in [3.63, 3.8) is 0 Å². The lowest BCUT2D eigenvalue weighted by Gasteiger charge is -2.11. The summed E-state index contributed by atoms with van der Waals surface area (Å²) in [6.45, 7) is 2.93. The first-order chi connectivity index (χ1) is 8.33. The van der Waals surface area contributed by atoms with Crippen LogP contribution in [0.5, 0.6) is 0 Å². The van der Waals surface area contributed by atoms with Crippen molar-refractivity contribution in [2.75, 3.05) is 6.54 Å². The van der Waals surface area contributed by atoms with Gasteiger partial charge in [-0.05, 0) is 61.4 Å². The maximum atomic E-state index is 5.72. The molecule has 3 rings (SSSR count). The van der Waals surface area contributed by atoms with Gasteiger partial charge in [-0.3, -0.25) is 0 Å². The second kappa shape index (κ2) is 4.15. The molecule has 1 unspecified atom stereocenters. The molecule has 0 amide bonds. The molecule has 2 aromatic rings. The summed E-state index contributed by atoms with van der Waals surface area (Å²) in [4.78, 5) is 0. The van der Waals surface area contributed by atoms with Crippen molar-refractivity contribution < 1.29 is 0 Å². The molecule has 0 radical (unpaired) electrons. The minimum atomic E-state index is 0.639. The number of aromatic nitrogens is 2. The number of fused-ring (bicyclic) bond motifs is 3. The summed E-state index contributed by atoms with van der Waals surface area (Å²) in [5, 5.41) is 4.59. The molecule has 0 spiro atoms. The first-order valence-electron chi connectivity index (χ1n) is 6.53. The van der Waals surface area contributed by atoms with Crippen LogP contribution in [0.3, 0.4) is 0 Å². The predicted molar refractivity (Wildman–Crippen MR) is 69.3 cm³/mol. The first kappa shape index (κ1) is 10.8. The molecule has 3 heteroatoms. The number of hydrogen-bond donors (Lipinski definition) is 1. The van der Waals surface area contributed by atoms with Crippen molar-refractivity contribution in [2.24, 2.45) is 5.73 Å². The van der Waals surface area contributed by atoms with Crippen LogP contribution in [0.25, 0.3) is 5.52 Å². The molecule has 2 aromatic heterocycles. The molecule has 3 nitrogen and oxygen atoms in total. The molecule has 1 atom stereocenters. The third-order valence-electron chi connectivity index (χ3n) is 3.87. The quantitative estimate of drug-likeness (QED) is 0.877. The number of pyridine rings is 1. The zero-order chi connectivity index (χ0) is 11.8. The molecule has 0 bridgehead atoms. The highest BCUT2D eigenvalue weighted by molar-refractivity contribution is 5.61. The van der Waals surface area contributed by atoms with E-state index in [1.165, 1.54) is 35.2 Å². The van der Waals surface area contributed by atoms with Gasteiger partial charge in [0.15, 0.2) is 0 Å². The lowest BCUT2D eigenvalue weighted by molar-refractivity contribution is 0.629. The highest BCUT2D eigenvalue weighted by atomic mass is 15.2. The minimum absolute atomic E-state index is 0.639. The van der Waals surface area contributed by atoms with Gasteiger partial charge in [0, 0.05) is 6.20 Å². The molecule has 1 aliphatic rings. The van der Waals surface area contributed by atoms with Crippen molar-refractivity contribution >= 4 is 5.52 Å². The third-order valence-corrected chi connectivity index (χ3v) is 3.87. The van der Waals surface area contributed by atoms with E-state index < -0.39 is 0 Å². The fourth-order valence-electron chi connectivity index (χ4n) is 3.00. The fourth-order valence-corrected chi connectivity index (χ4v) is 3.00. The highest BCUT2D eigenvalue weighted by Crippen LogP contribution is 2.38. The molecule has 0 saturated carbocycles. The van der Waals surface area contributed by atoms with Crippen LogP contribution < -0.4 is 5.73 Å². The van der Waals surface area contributed by atoms with E-state index in [1.54, 1.807) is 0 Å². The number of hydrogen-bond acceptors (Lipinski definition) is 2. The van der Waals surface area contributed by atoms with Gasteiger partial charge in [-0.1, -0.05) is 6.92 Å². The third kappa shape index (κ3) is 1.65. The summed E-state index contributed by atoms with van der Waals surface area (Å²) < 4.78 is 2.03. The Hall–Kier alpha value is -1.35. The Morgan fingerprint density at radius 1 is 1.53 bits per heavy atom. The number of nitrogens with two attached hydrogens (primary N) is 1. The molecule has 0 aliphatic heterocycles. The van der Waals surface area contributed by atoms with Gasteiger partial charge >= 0.3 is 0 Å². The van der Waals surface area contributed by atoms with Crippen LogP contribution in [0.2, 0.25) is 0 Å². The van der Waals surface area contributed by atoms with E-state index >= 15 is 0 Å². The summed E-state index contributed by atoms with van der Waals surface area (Å²) in [5.74, 6) is 0.639. The van der Waals surface area contributed by atoms with Gasteiger partial charge < -0.3 is 5.73 Å². The Morgan fingerprint density at radius 3 is 3.18 bits per heavy atom. The summed E-state index contributed by atoms with van der Waals surface area (Å²) in [6, 6.07) is 4.47. The van der Waals surface area contributed by atoms with Crippen molar-refractivity contribution in [1.82, 2.24) is 9.61 Å². The zero-order valence-corrected chi connectivity index (χ0v) is 10.3. The summed E-state index contributed by atoms with van der Waals surface area (Å²) in [7, 11) is 0. The van der Waals surface area contributed by atoms with Crippen LogP contribution in [0.1, 0.15) is 42.5 Å². The van der Waals surface area contributed by atoms with Crippen LogP contribution in [0.4, 0.5) is 0 Å². The largest absolute Gasteiger partial charge is 0.330 e. The van der Waals surface area contributed by atoms with E-state index in [2.05, 4.69) is 30.4 Å². The van der Waals surface area contributed by atoms with Crippen LogP contribution in [-0.4, -0.2) is 16.2 Å². The van der Waals surface area contributed by atoms with Gasteiger partial charge in [-0.2, -0.15) is 5.10 Å². The monoisotopic (exact) mass is 229 g/mol. The predicted octanol–water partition coefficient (Wildman–Crippen LogP) is 2.28. The molecule has 90 valence electrons. The van der Waals surface area contributed by atoms with Crippen LogP contribution in [0, 0.1) is 0 Å². The average Bonchev–Trinajstić information content (AvgIpc) is 2.92. The fraction of sp³-hybridized carbons (Fsp3) is 0.500. The van der Waals surface area contributed by atoms with Gasteiger partial charge in [0.25, 0.3) is 0 Å². The summed E-state index contributed by atoms with van der Waals surface area (Å²) in [5.41, 5.74) is 11.2. The minimum Gasteiger partial charge on any atom is -0.330 e. The Kier molecular flexibility index (Phi) is 2.63. The molecule has 0 fully saturated rings. The van der Waals surface area contributed by atoms with Gasteiger partial charge in [-0.25, -0.2) is 4.52 Å². The summed E-state index contributed by atoms with van der Waals surface area (Å²) >= 11 is 0. The van der Waals surface area contributed by atoms with E-state index in [0.29, 0.717) is 5.92 Å². The topological polar surface area (TPSA) is 43.3 Å². The van der Waals surface area contributed by atoms with Gasteiger partial charge in [0.2, 0.25) is 0 Å². The molecule has 2 heterocycles. The van der Waals surface area contributed by atoms with Crippen molar-refractivity contribution in [2.45, 2.75) is 38.5 Å². The van der Waals surface area contributed by atoms with Gasteiger partial charge in [0.05, 0.1) is 11.2 Å². The lowest BCUT2D eigenvalue weighted by atomic mass is 9.97. The van der Waals surface area contributed by atoms with Crippen LogP contribution >= 0.6 is 0 Å². The number of rotatable bonds is 3. The highest BCUT2D eigenvalue weighted by Gasteiger charge is 2.24. The summed E-state index contributed by atoms with van der Waals surface area (Å²) in [6.07, 6.45) is 6.64. The SMILES string of the molecule is CCc1cc2c3c(ccn2n1)CCC3CCN. The smallest absolute Gasteiger partial charge is 0.0701 e. The van der Waals surface area contributed by atoms with E-state index in [-0.39, 0.29) is 0 Å². The second-order valence-electron chi connectivity index (χ2n) is 4.89. The standard InChI is InChI=1S/C14H19N3/c1-2-12-9-13-14-10(5-7-15)3-4-11(14)6-8-17(13)16-12/h6,8-10H,2-5,7,15H2,1H3. The lowest BCUT2D eigenvalue weighted by Crippen LogP contribution is -2.05. The molecule has 2 N–H and O–H groups in total. The van der Waals surface area contributed by atoms with E-state index in [4.69, 9.17) is 5.73 Å². The van der Waals surface area contributed by atoms with Crippen molar-refractivity contribution in [3.05, 3.63) is 35.2 Å². The molecule has 17 heavy (non-hydrogen) atoms. The Labute approximate surface area is 102 Å². The Balaban J connectivity index is 2.16. The van der Waals surface area contributed by atoms with Crippen molar-refractivity contribution in [3.8, 4) is 0 Å². The van der Waals surface area contributed by atoms with E-state index in [1.807, 2.05) is 4.52 Å². The van der Waals surface area contributed by atoms with Crippen LogP contribution in [0.15, 0.2) is 18.3 Å². The van der Waals surface area contributed by atoms with E-state index in [9.17, 15) is 0 Å². The average molecular weight is 229 g/mol. The van der Waals surface area contributed by atoms with Gasteiger partial charge in [0.1, 0.15) is 0 Å². The molecule has 1 aliphatic carbocycles. The van der Waals surface area contributed by atoms with Crippen molar-refractivity contribution in [1.29, 1.82) is 0 Å². The molecule has 0 saturated heterocycles. The maximum Gasteiger partial charge on any atom is 0.0701 e. The zero-order valence-electron chi connectivity index (χ0n) is 10.3. The maximum absolute atomic E-state index is 5.72. The molecule has 0 aromatic carbocycles. The molecular formula is C14H19N3. The Morgan fingerprint density at radius 2 is 2.41 bits per heavy atom. The second-order valence-corrected chi connectivity index (χ2v) is 4.89. The van der Waals surface area contributed by atoms with E-state index in [0.717, 1.165) is 19.4 Å². The normalized spacial score (nSPS) is 18.8. The number of aryl methyl sites for hydroxylation is 2. The van der Waals surface area contributed by atoms with Gasteiger partial charge in [-0.15, -0.1) is 0 Å². The Bertz CT molecular complexity index is 540. The van der Waals surface area contributed by atoms with Crippen LogP contribution in [-0.2, 0) is 12.8 Å².